The summed E-state index contributed by atoms with van der Waals surface area (Å²) in [6.45, 7) is 6.33. The van der Waals surface area contributed by atoms with Gasteiger partial charge in [-0.2, -0.15) is 0 Å². The molecule has 2 atom stereocenters. The van der Waals surface area contributed by atoms with Crippen LogP contribution in [0, 0.1) is 0 Å². The minimum Gasteiger partial charge on any atom is -0.481 e. The van der Waals surface area contributed by atoms with Crippen LogP contribution in [0.4, 0.5) is 0 Å². The first-order chi connectivity index (χ1) is 9.01. The normalized spacial score (nSPS) is 13.8. The Bertz CT molecular complexity index is 265. The Labute approximate surface area is 115 Å². The van der Waals surface area contributed by atoms with Crippen LogP contribution in [-0.2, 0) is 19.1 Å². The zero-order chi connectivity index (χ0) is 14.7. The van der Waals surface area contributed by atoms with Crippen LogP contribution in [0.2, 0.25) is 0 Å². The highest BCUT2D eigenvalue weighted by Crippen LogP contribution is 2.10. The van der Waals surface area contributed by atoms with Gasteiger partial charge in [-0.15, -0.1) is 0 Å². The lowest BCUT2D eigenvalue weighted by molar-refractivity contribution is -0.163. The summed E-state index contributed by atoms with van der Waals surface area (Å²) in [4.78, 5) is 22.5. The van der Waals surface area contributed by atoms with E-state index in [9.17, 15) is 9.59 Å². The molecule has 0 bridgehead atoms. The van der Waals surface area contributed by atoms with E-state index >= 15 is 0 Å². The average Bonchev–Trinajstić information content (AvgIpc) is 2.33. The molecule has 0 aromatic carbocycles. The minimum absolute atomic E-state index is 0.0892. The number of hydrogen-bond donors (Lipinski definition) is 1. The SMILES string of the molecule is CCCCOC(CCC(=O)O)C(=O)OC(C)CCC. The minimum atomic E-state index is -0.932. The van der Waals surface area contributed by atoms with E-state index in [0.29, 0.717) is 6.61 Å². The molecule has 5 heteroatoms. The highest BCUT2D eigenvalue weighted by atomic mass is 16.6. The summed E-state index contributed by atoms with van der Waals surface area (Å²) in [5.41, 5.74) is 0. The number of carboxylic acids is 1. The fourth-order valence-electron chi connectivity index (χ4n) is 1.63. The topological polar surface area (TPSA) is 72.8 Å². The Morgan fingerprint density at radius 3 is 2.37 bits per heavy atom. The summed E-state index contributed by atoms with van der Waals surface area (Å²) in [6, 6.07) is 0. The van der Waals surface area contributed by atoms with Crippen molar-refractivity contribution >= 4 is 11.9 Å². The van der Waals surface area contributed by atoms with Gasteiger partial charge in [0.2, 0.25) is 0 Å². The van der Waals surface area contributed by atoms with Crippen LogP contribution in [0.1, 0.15) is 59.3 Å². The second-order valence-electron chi connectivity index (χ2n) is 4.68. The summed E-state index contributed by atoms with van der Waals surface area (Å²) in [6.07, 6.45) is 2.71. The molecule has 0 fully saturated rings. The standard InChI is InChI=1S/C14H26O5/c1-4-6-10-18-12(8-9-13(15)16)14(17)19-11(3)7-5-2/h11-12H,4-10H2,1-3H3,(H,15,16). The molecule has 0 saturated carbocycles. The van der Waals surface area contributed by atoms with Gasteiger partial charge in [0.25, 0.3) is 0 Å². The van der Waals surface area contributed by atoms with Crippen molar-refractivity contribution in [2.24, 2.45) is 0 Å². The fourth-order valence-corrected chi connectivity index (χ4v) is 1.63. The van der Waals surface area contributed by atoms with Crippen molar-refractivity contribution in [3.63, 3.8) is 0 Å². The Balaban J connectivity index is 4.26. The average molecular weight is 274 g/mol. The highest BCUT2D eigenvalue weighted by molar-refractivity contribution is 5.76. The van der Waals surface area contributed by atoms with Gasteiger partial charge in [-0.25, -0.2) is 4.79 Å². The van der Waals surface area contributed by atoms with E-state index in [0.717, 1.165) is 25.7 Å². The molecule has 0 aromatic rings. The van der Waals surface area contributed by atoms with Gasteiger partial charge < -0.3 is 14.6 Å². The Hall–Kier alpha value is -1.10. The molecule has 0 aromatic heterocycles. The summed E-state index contributed by atoms with van der Waals surface area (Å²) in [5, 5.41) is 8.67. The quantitative estimate of drug-likeness (QED) is 0.463. The number of carboxylic acid groups (broad SMARTS) is 1. The van der Waals surface area contributed by atoms with E-state index in [1.165, 1.54) is 0 Å². The Morgan fingerprint density at radius 1 is 1.16 bits per heavy atom. The number of unbranched alkanes of at least 4 members (excludes halogenated alkanes) is 1. The largest absolute Gasteiger partial charge is 0.481 e. The maximum absolute atomic E-state index is 11.9. The van der Waals surface area contributed by atoms with E-state index in [4.69, 9.17) is 14.6 Å². The number of rotatable bonds is 11. The van der Waals surface area contributed by atoms with Crippen LogP contribution in [0.25, 0.3) is 0 Å². The molecule has 19 heavy (non-hydrogen) atoms. The lowest BCUT2D eigenvalue weighted by atomic mass is 10.2. The fraction of sp³-hybridized carbons (Fsp3) is 0.857. The monoisotopic (exact) mass is 274 g/mol. The number of carbonyl (C=O) groups excluding carboxylic acids is 1. The van der Waals surface area contributed by atoms with Crippen molar-refractivity contribution in [2.45, 2.75) is 71.5 Å². The first-order valence-electron chi connectivity index (χ1n) is 7.05. The molecular weight excluding hydrogens is 248 g/mol. The van der Waals surface area contributed by atoms with Gasteiger partial charge >= 0.3 is 11.9 Å². The van der Waals surface area contributed by atoms with E-state index in [-0.39, 0.29) is 18.9 Å². The van der Waals surface area contributed by atoms with Crippen molar-refractivity contribution in [3.05, 3.63) is 0 Å². The van der Waals surface area contributed by atoms with Crippen LogP contribution in [0.5, 0.6) is 0 Å². The van der Waals surface area contributed by atoms with Gasteiger partial charge in [-0.1, -0.05) is 26.7 Å². The lowest BCUT2D eigenvalue weighted by Gasteiger charge is -2.19. The molecule has 112 valence electrons. The third-order valence-electron chi connectivity index (χ3n) is 2.71. The maximum Gasteiger partial charge on any atom is 0.335 e. The molecule has 5 nitrogen and oxygen atoms in total. The van der Waals surface area contributed by atoms with Gasteiger partial charge in [-0.3, -0.25) is 4.79 Å². The molecule has 0 aliphatic rings. The smallest absolute Gasteiger partial charge is 0.335 e. The molecule has 1 N–H and O–H groups in total. The van der Waals surface area contributed by atoms with Gasteiger partial charge in [0.1, 0.15) is 0 Å². The lowest BCUT2D eigenvalue weighted by Crippen LogP contribution is -2.30. The maximum atomic E-state index is 11.9. The zero-order valence-electron chi connectivity index (χ0n) is 12.2. The summed E-state index contributed by atoms with van der Waals surface area (Å²) in [5.74, 6) is -1.38. The van der Waals surface area contributed by atoms with E-state index in [1.54, 1.807) is 0 Å². The van der Waals surface area contributed by atoms with Crippen LogP contribution >= 0.6 is 0 Å². The van der Waals surface area contributed by atoms with Crippen molar-refractivity contribution in [3.8, 4) is 0 Å². The van der Waals surface area contributed by atoms with Crippen molar-refractivity contribution < 1.29 is 24.2 Å². The molecule has 2 unspecified atom stereocenters. The van der Waals surface area contributed by atoms with Crippen LogP contribution in [0.3, 0.4) is 0 Å². The molecule has 0 rings (SSSR count). The molecule has 0 radical (unpaired) electrons. The Kier molecular flexibility index (Phi) is 10.2. The summed E-state index contributed by atoms with van der Waals surface area (Å²) < 4.78 is 10.7. The van der Waals surface area contributed by atoms with Gasteiger partial charge in [0, 0.05) is 13.0 Å². The number of esters is 1. The van der Waals surface area contributed by atoms with Crippen LogP contribution in [-0.4, -0.2) is 35.9 Å². The Morgan fingerprint density at radius 2 is 1.84 bits per heavy atom. The van der Waals surface area contributed by atoms with E-state index in [2.05, 4.69) is 0 Å². The van der Waals surface area contributed by atoms with Crippen LogP contribution < -0.4 is 0 Å². The van der Waals surface area contributed by atoms with Crippen molar-refractivity contribution in [2.75, 3.05) is 6.61 Å². The molecule has 0 aliphatic heterocycles. The van der Waals surface area contributed by atoms with Crippen LogP contribution in [0.15, 0.2) is 0 Å². The third kappa shape index (κ3) is 9.47. The number of aliphatic carboxylic acids is 1. The molecule has 0 aliphatic carbocycles. The molecular formula is C14H26O5. The van der Waals surface area contributed by atoms with Gasteiger partial charge in [0.05, 0.1) is 6.10 Å². The zero-order valence-corrected chi connectivity index (χ0v) is 12.2. The third-order valence-corrected chi connectivity index (χ3v) is 2.71. The first-order valence-corrected chi connectivity index (χ1v) is 7.05. The van der Waals surface area contributed by atoms with Crippen molar-refractivity contribution in [1.29, 1.82) is 0 Å². The molecule has 0 amide bonds. The molecule has 0 saturated heterocycles. The van der Waals surface area contributed by atoms with E-state index in [1.807, 2.05) is 20.8 Å². The molecule has 0 spiro atoms. The van der Waals surface area contributed by atoms with Crippen molar-refractivity contribution in [1.82, 2.24) is 0 Å². The number of ether oxygens (including phenoxy) is 2. The second-order valence-corrected chi connectivity index (χ2v) is 4.68. The predicted octanol–water partition coefficient (Wildman–Crippen LogP) is 2.77. The molecule has 0 heterocycles. The van der Waals surface area contributed by atoms with Gasteiger partial charge in [0.15, 0.2) is 6.10 Å². The van der Waals surface area contributed by atoms with E-state index < -0.39 is 18.0 Å². The van der Waals surface area contributed by atoms with Gasteiger partial charge in [-0.05, 0) is 26.2 Å². The summed E-state index contributed by atoms with van der Waals surface area (Å²) >= 11 is 0. The summed E-state index contributed by atoms with van der Waals surface area (Å²) in [7, 11) is 0. The second kappa shape index (κ2) is 10.8. The number of hydrogen-bond acceptors (Lipinski definition) is 4. The highest BCUT2D eigenvalue weighted by Gasteiger charge is 2.23. The number of carbonyl (C=O) groups is 2. The first kappa shape index (κ1) is 17.9. The predicted molar refractivity (Wildman–Crippen MR) is 72.0 cm³/mol.